The maximum atomic E-state index is 12.6. The number of hydrogen-bond acceptors (Lipinski definition) is 4. The summed E-state index contributed by atoms with van der Waals surface area (Å²) < 4.78 is 5.85. The molecule has 2 rings (SSSR count). The van der Waals surface area contributed by atoms with Gasteiger partial charge in [-0.15, -0.1) is 0 Å². The largest absolute Gasteiger partial charge is 0.508 e. The third-order valence-electron chi connectivity index (χ3n) is 4.96. The van der Waals surface area contributed by atoms with Gasteiger partial charge in [-0.25, -0.2) is 4.79 Å². The standard InChI is InChI=1S/C22H30O4/c1-14(2)21-19(24)12-15(3)6-5-7-16(4)13-20(21)26-22(25)17-8-10-18(23)11-9-17/h7-12,14,19-21,23-24H,5-6,13H2,1-4H3/b15-12+,16-7+/t19-,20-,21-/m0/s1. The summed E-state index contributed by atoms with van der Waals surface area (Å²) >= 11 is 0. The summed E-state index contributed by atoms with van der Waals surface area (Å²) in [6, 6.07) is 6.03. The lowest BCUT2D eigenvalue weighted by molar-refractivity contribution is -0.0216. The zero-order chi connectivity index (χ0) is 19.3. The van der Waals surface area contributed by atoms with E-state index in [0.29, 0.717) is 12.0 Å². The van der Waals surface area contributed by atoms with E-state index < -0.39 is 18.2 Å². The molecule has 1 aliphatic carbocycles. The molecule has 0 amide bonds. The molecule has 142 valence electrons. The minimum absolute atomic E-state index is 0.107. The number of phenols is 1. The molecular formula is C22H30O4. The molecule has 0 saturated heterocycles. The fourth-order valence-electron chi connectivity index (χ4n) is 3.54. The molecule has 3 atom stereocenters. The Hall–Kier alpha value is -2.07. The van der Waals surface area contributed by atoms with Crippen LogP contribution in [0.25, 0.3) is 0 Å². The maximum absolute atomic E-state index is 12.6. The van der Waals surface area contributed by atoms with Gasteiger partial charge in [-0.2, -0.15) is 0 Å². The Morgan fingerprint density at radius 1 is 1.15 bits per heavy atom. The molecule has 0 unspecified atom stereocenters. The molecule has 0 spiro atoms. The third kappa shape index (κ3) is 5.46. The maximum Gasteiger partial charge on any atom is 0.338 e. The van der Waals surface area contributed by atoms with Crippen molar-refractivity contribution in [2.24, 2.45) is 11.8 Å². The van der Waals surface area contributed by atoms with E-state index in [1.54, 1.807) is 12.1 Å². The number of aliphatic hydroxyl groups excluding tert-OH is 1. The molecule has 0 heterocycles. The van der Waals surface area contributed by atoms with E-state index in [1.807, 2.05) is 33.8 Å². The zero-order valence-corrected chi connectivity index (χ0v) is 16.1. The second-order valence-electron chi connectivity index (χ2n) is 7.61. The average Bonchev–Trinajstić information content (AvgIpc) is 2.54. The van der Waals surface area contributed by atoms with Crippen LogP contribution < -0.4 is 0 Å². The highest BCUT2D eigenvalue weighted by Crippen LogP contribution is 2.30. The second kappa shape index (κ2) is 9.04. The van der Waals surface area contributed by atoms with Crippen molar-refractivity contribution < 1.29 is 19.7 Å². The van der Waals surface area contributed by atoms with Gasteiger partial charge in [0.05, 0.1) is 11.7 Å². The van der Waals surface area contributed by atoms with Crippen LogP contribution in [0.2, 0.25) is 0 Å². The number of hydrogen-bond donors (Lipinski definition) is 2. The van der Waals surface area contributed by atoms with Crippen LogP contribution in [-0.2, 0) is 4.74 Å². The van der Waals surface area contributed by atoms with Gasteiger partial charge in [-0.3, -0.25) is 0 Å². The summed E-state index contributed by atoms with van der Waals surface area (Å²) in [6.07, 6.45) is 5.48. The smallest absolute Gasteiger partial charge is 0.338 e. The highest BCUT2D eigenvalue weighted by Gasteiger charge is 2.33. The lowest BCUT2D eigenvalue weighted by Gasteiger charge is -2.33. The molecule has 0 radical (unpaired) electrons. The summed E-state index contributed by atoms with van der Waals surface area (Å²) in [7, 11) is 0. The molecule has 0 fully saturated rings. The first kappa shape index (κ1) is 20.2. The molecule has 0 aliphatic heterocycles. The molecule has 0 bridgehead atoms. The van der Waals surface area contributed by atoms with Gasteiger partial charge in [0, 0.05) is 12.3 Å². The average molecular weight is 358 g/mol. The van der Waals surface area contributed by atoms with Gasteiger partial charge in [0.2, 0.25) is 0 Å². The number of aliphatic hydroxyl groups is 1. The Balaban J connectivity index is 2.30. The summed E-state index contributed by atoms with van der Waals surface area (Å²) in [4.78, 5) is 12.6. The van der Waals surface area contributed by atoms with Gasteiger partial charge in [0.15, 0.2) is 0 Å². The number of benzene rings is 1. The normalized spacial score (nSPS) is 28.6. The van der Waals surface area contributed by atoms with E-state index in [-0.39, 0.29) is 17.6 Å². The third-order valence-corrected chi connectivity index (χ3v) is 4.96. The van der Waals surface area contributed by atoms with E-state index in [2.05, 4.69) is 6.08 Å². The van der Waals surface area contributed by atoms with Crippen LogP contribution in [0, 0.1) is 11.8 Å². The highest BCUT2D eigenvalue weighted by molar-refractivity contribution is 5.89. The summed E-state index contributed by atoms with van der Waals surface area (Å²) in [5.41, 5.74) is 2.71. The van der Waals surface area contributed by atoms with E-state index in [9.17, 15) is 15.0 Å². The quantitative estimate of drug-likeness (QED) is 0.611. The molecule has 26 heavy (non-hydrogen) atoms. The highest BCUT2D eigenvalue weighted by atomic mass is 16.5. The molecule has 0 saturated carbocycles. The number of rotatable bonds is 3. The molecule has 4 heteroatoms. The Kier molecular flexibility index (Phi) is 7.04. The number of allylic oxidation sites excluding steroid dienone is 2. The van der Waals surface area contributed by atoms with Crippen molar-refractivity contribution in [3.8, 4) is 5.75 Å². The van der Waals surface area contributed by atoms with Crippen LogP contribution in [0.4, 0.5) is 0 Å². The van der Waals surface area contributed by atoms with E-state index >= 15 is 0 Å². The predicted octanol–water partition coefficient (Wildman–Crippen LogP) is 4.63. The molecule has 1 aromatic rings. The lowest BCUT2D eigenvalue weighted by atomic mass is 9.81. The summed E-state index contributed by atoms with van der Waals surface area (Å²) in [5.74, 6) is -0.361. The van der Waals surface area contributed by atoms with Gasteiger partial charge in [-0.1, -0.05) is 37.1 Å². The van der Waals surface area contributed by atoms with Crippen molar-refractivity contribution in [1.29, 1.82) is 0 Å². The number of ether oxygens (including phenoxy) is 1. The van der Waals surface area contributed by atoms with Crippen molar-refractivity contribution in [2.75, 3.05) is 0 Å². The Bertz CT molecular complexity index is 670. The SMILES string of the molecule is C/C1=C\[C@H](O)[C@H](C(C)C)[C@@H](OC(=O)c2ccc(O)cc2)C/C(C)=C/CC1. The van der Waals surface area contributed by atoms with E-state index in [4.69, 9.17) is 4.74 Å². The number of esters is 1. The topological polar surface area (TPSA) is 66.8 Å². The number of phenolic OH excluding ortho intramolecular Hbond substituents is 1. The number of aromatic hydroxyl groups is 1. The first-order valence-corrected chi connectivity index (χ1v) is 9.29. The minimum Gasteiger partial charge on any atom is -0.508 e. The first-order chi connectivity index (χ1) is 12.3. The Morgan fingerprint density at radius 3 is 2.42 bits per heavy atom. The van der Waals surface area contributed by atoms with Crippen LogP contribution in [0.5, 0.6) is 5.75 Å². The van der Waals surface area contributed by atoms with Crippen LogP contribution in [-0.4, -0.2) is 28.4 Å². The van der Waals surface area contributed by atoms with Crippen LogP contribution in [0.1, 0.15) is 57.3 Å². The molecular weight excluding hydrogens is 328 g/mol. The van der Waals surface area contributed by atoms with Gasteiger partial charge < -0.3 is 14.9 Å². The van der Waals surface area contributed by atoms with Crippen molar-refractivity contribution >= 4 is 5.97 Å². The molecule has 0 aromatic heterocycles. The van der Waals surface area contributed by atoms with Crippen molar-refractivity contribution in [1.82, 2.24) is 0 Å². The summed E-state index contributed by atoms with van der Waals surface area (Å²) in [6.45, 7) is 8.17. The fourth-order valence-corrected chi connectivity index (χ4v) is 3.54. The van der Waals surface area contributed by atoms with Crippen molar-refractivity contribution in [3.63, 3.8) is 0 Å². The van der Waals surface area contributed by atoms with Gasteiger partial charge >= 0.3 is 5.97 Å². The second-order valence-corrected chi connectivity index (χ2v) is 7.61. The Labute approximate surface area is 156 Å². The molecule has 1 aliphatic rings. The zero-order valence-electron chi connectivity index (χ0n) is 16.1. The van der Waals surface area contributed by atoms with Crippen LogP contribution in [0.3, 0.4) is 0 Å². The molecule has 1 aromatic carbocycles. The monoisotopic (exact) mass is 358 g/mol. The van der Waals surface area contributed by atoms with E-state index in [0.717, 1.165) is 18.4 Å². The van der Waals surface area contributed by atoms with Crippen molar-refractivity contribution in [3.05, 3.63) is 53.1 Å². The van der Waals surface area contributed by atoms with Gasteiger partial charge in [-0.05, 0) is 56.9 Å². The van der Waals surface area contributed by atoms with E-state index in [1.165, 1.54) is 17.7 Å². The molecule has 2 N–H and O–H groups in total. The van der Waals surface area contributed by atoms with Crippen LogP contribution in [0.15, 0.2) is 47.6 Å². The predicted molar refractivity (Wildman–Crippen MR) is 103 cm³/mol. The minimum atomic E-state index is -0.654. The van der Waals surface area contributed by atoms with Crippen molar-refractivity contribution in [2.45, 2.75) is 59.2 Å². The fraction of sp³-hybridized carbons (Fsp3) is 0.500. The molecule has 4 nitrogen and oxygen atoms in total. The first-order valence-electron chi connectivity index (χ1n) is 9.29. The number of carbonyl (C=O) groups excluding carboxylic acids is 1. The summed E-state index contributed by atoms with van der Waals surface area (Å²) in [5, 5.41) is 20.2. The lowest BCUT2D eigenvalue weighted by Crippen LogP contribution is -2.38. The number of carbonyl (C=O) groups is 1. The Morgan fingerprint density at radius 2 is 1.81 bits per heavy atom. The van der Waals surface area contributed by atoms with Gasteiger partial charge in [0.1, 0.15) is 11.9 Å². The van der Waals surface area contributed by atoms with Gasteiger partial charge in [0.25, 0.3) is 0 Å². The van der Waals surface area contributed by atoms with Crippen LogP contribution >= 0.6 is 0 Å².